The molecule has 130 valence electrons. The van der Waals surface area contributed by atoms with Crippen molar-refractivity contribution in [3.8, 4) is 0 Å². The Kier molecular flexibility index (Phi) is 3.32. The smallest absolute Gasteiger partial charge is 0.271 e. The van der Waals surface area contributed by atoms with Gasteiger partial charge in [-0.25, -0.2) is 0 Å². The Morgan fingerprint density at radius 1 is 0.923 bits per heavy atom. The second-order valence-electron chi connectivity index (χ2n) is 5.66. The van der Waals surface area contributed by atoms with Crippen LogP contribution in [0.25, 0.3) is 0 Å². The molecule has 2 aliphatic rings. The highest BCUT2D eigenvalue weighted by Crippen LogP contribution is 2.41. The summed E-state index contributed by atoms with van der Waals surface area (Å²) >= 11 is 0. The molecule has 1 atom stereocenters. The number of carbonyl (C=O) groups excluding carboxylic acids is 1. The van der Waals surface area contributed by atoms with Crippen molar-refractivity contribution in [3.05, 3.63) is 79.8 Å². The van der Waals surface area contributed by atoms with E-state index >= 15 is 0 Å². The van der Waals surface area contributed by atoms with E-state index in [-0.39, 0.29) is 23.0 Å². The molecular formula is C16H10N4O6. The summed E-state index contributed by atoms with van der Waals surface area (Å²) in [6.45, 7) is 0. The first-order valence-corrected chi connectivity index (χ1v) is 7.46. The molecule has 0 radical (unpaired) electrons. The third kappa shape index (κ3) is 2.40. The number of carbonyl (C=O) groups is 1. The fourth-order valence-corrected chi connectivity index (χ4v) is 2.82. The number of nitro benzene ring substituents is 2. The third-order valence-electron chi connectivity index (χ3n) is 4.05. The highest BCUT2D eigenvalue weighted by atomic mass is 16.6. The van der Waals surface area contributed by atoms with Gasteiger partial charge in [-0.1, -0.05) is 12.1 Å². The van der Waals surface area contributed by atoms with Crippen LogP contribution in [0.3, 0.4) is 0 Å². The quantitative estimate of drug-likeness (QED) is 0.634. The Bertz CT molecular complexity index is 1020. The van der Waals surface area contributed by atoms with Crippen LogP contribution >= 0.6 is 0 Å². The van der Waals surface area contributed by atoms with Crippen LogP contribution in [-0.4, -0.2) is 15.6 Å². The summed E-state index contributed by atoms with van der Waals surface area (Å²) in [4.78, 5) is 33.4. The van der Waals surface area contributed by atoms with Crippen LogP contribution < -0.4 is 10.6 Å². The number of rotatable bonds is 3. The largest absolute Gasteiger partial charge is 0.461 e. The SMILES string of the molecule is O=C1C2=C(Nc3cc([N+](=O)[O-])ccc3N2)OC1c1cccc([N+](=O)[O-])c1. The van der Waals surface area contributed by atoms with Crippen molar-refractivity contribution in [1.82, 2.24) is 0 Å². The fraction of sp³-hybridized carbons (Fsp3) is 0.0625. The van der Waals surface area contributed by atoms with E-state index in [1.165, 1.54) is 36.4 Å². The highest BCUT2D eigenvalue weighted by molar-refractivity contribution is 6.06. The molecule has 0 bridgehead atoms. The van der Waals surface area contributed by atoms with E-state index in [0.29, 0.717) is 16.9 Å². The summed E-state index contributed by atoms with van der Waals surface area (Å²) in [7, 11) is 0. The molecule has 0 spiro atoms. The van der Waals surface area contributed by atoms with Crippen LogP contribution in [0.4, 0.5) is 22.7 Å². The lowest BCUT2D eigenvalue weighted by atomic mass is 10.0. The Morgan fingerprint density at radius 2 is 1.65 bits per heavy atom. The normalized spacial score (nSPS) is 17.5. The van der Waals surface area contributed by atoms with Gasteiger partial charge in [0.05, 0.1) is 21.2 Å². The van der Waals surface area contributed by atoms with Gasteiger partial charge in [-0.15, -0.1) is 0 Å². The predicted molar refractivity (Wildman–Crippen MR) is 89.3 cm³/mol. The van der Waals surface area contributed by atoms with E-state index in [4.69, 9.17) is 4.74 Å². The summed E-state index contributed by atoms with van der Waals surface area (Å²) in [5, 5.41) is 27.6. The van der Waals surface area contributed by atoms with Gasteiger partial charge in [0.1, 0.15) is 5.70 Å². The second-order valence-corrected chi connectivity index (χ2v) is 5.66. The van der Waals surface area contributed by atoms with Gasteiger partial charge in [-0.05, 0) is 6.07 Å². The monoisotopic (exact) mass is 354 g/mol. The number of hydrogen-bond donors (Lipinski definition) is 2. The minimum atomic E-state index is -1.04. The average Bonchev–Trinajstić information content (AvgIpc) is 2.95. The van der Waals surface area contributed by atoms with Crippen molar-refractivity contribution >= 4 is 28.5 Å². The Hall–Kier alpha value is -3.95. The maximum absolute atomic E-state index is 12.6. The van der Waals surface area contributed by atoms with Crippen molar-refractivity contribution in [2.75, 3.05) is 10.6 Å². The molecule has 10 nitrogen and oxygen atoms in total. The van der Waals surface area contributed by atoms with Gasteiger partial charge in [0.15, 0.2) is 6.10 Å². The number of non-ortho nitro benzene ring substituents is 2. The zero-order valence-corrected chi connectivity index (χ0v) is 13.0. The maximum atomic E-state index is 12.6. The van der Waals surface area contributed by atoms with E-state index in [1.807, 2.05) is 0 Å². The van der Waals surface area contributed by atoms with Crippen LogP contribution in [0, 0.1) is 20.2 Å². The number of benzene rings is 2. The topological polar surface area (TPSA) is 137 Å². The zero-order chi connectivity index (χ0) is 18.4. The Morgan fingerprint density at radius 3 is 2.38 bits per heavy atom. The van der Waals surface area contributed by atoms with Gasteiger partial charge in [0.25, 0.3) is 11.4 Å². The molecule has 2 aliphatic heterocycles. The van der Waals surface area contributed by atoms with Gasteiger partial charge in [-0.2, -0.15) is 0 Å². The number of ketones is 1. The molecule has 4 rings (SSSR count). The number of nitro groups is 2. The molecule has 2 N–H and O–H groups in total. The van der Waals surface area contributed by atoms with Gasteiger partial charge >= 0.3 is 0 Å². The van der Waals surface area contributed by atoms with E-state index in [1.54, 1.807) is 6.07 Å². The van der Waals surface area contributed by atoms with Gasteiger partial charge in [0, 0.05) is 29.8 Å². The first-order chi connectivity index (χ1) is 12.4. The lowest BCUT2D eigenvalue weighted by Crippen LogP contribution is -2.18. The second kappa shape index (κ2) is 5.55. The Balaban J connectivity index is 1.64. The Labute approximate surface area is 145 Å². The number of nitrogens with zero attached hydrogens (tertiary/aromatic N) is 2. The maximum Gasteiger partial charge on any atom is 0.271 e. The van der Waals surface area contributed by atoms with Gasteiger partial charge < -0.3 is 15.4 Å². The van der Waals surface area contributed by atoms with Crippen molar-refractivity contribution in [2.45, 2.75) is 6.10 Å². The fourth-order valence-electron chi connectivity index (χ4n) is 2.82. The molecule has 0 saturated heterocycles. The van der Waals surface area contributed by atoms with Gasteiger partial charge in [-0.3, -0.25) is 25.0 Å². The summed E-state index contributed by atoms with van der Waals surface area (Å²) in [5.41, 5.74) is 1.14. The number of nitrogens with one attached hydrogen (secondary N) is 2. The molecule has 0 saturated carbocycles. The molecule has 26 heavy (non-hydrogen) atoms. The molecule has 0 aromatic heterocycles. The molecule has 0 fully saturated rings. The lowest BCUT2D eigenvalue weighted by molar-refractivity contribution is -0.385. The molecule has 10 heteroatoms. The van der Waals surface area contributed by atoms with Crippen LogP contribution in [0.1, 0.15) is 11.7 Å². The number of Topliss-reactive ketones (excluding diaryl/α,β-unsaturated/α-hetero) is 1. The van der Waals surface area contributed by atoms with E-state index in [9.17, 15) is 25.0 Å². The molecular weight excluding hydrogens is 344 g/mol. The van der Waals surface area contributed by atoms with Crippen LogP contribution in [-0.2, 0) is 9.53 Å². The predicted octanol–water partition coefficient (Wildman–Crippen LogP) is 2.85. The van der Waals surface area contributed by atoms with Crippen LogP contribution in [0.5, 0.6) is 0 Å². The number of hydrogen-bond acceptors (Lipinski definition) is 8. The molecule has 2 aromatic carbocycles. The van der Waals surface area contributed by atoms with Crippen molar-refractivity contribution in [1.29, 1.82) is 0 Å². The summed E-state index contributed by atoms with van der Waals surface area (Å²) in [5.74, 6) is -0.267. The summed E-state index contributed by atoms with van der Waals surface area (Å²) in [6, 6.07) is 9.75. The molecule has 0 aliphatic carbocycles. The number of fused-ring (bicyclic) bond motifs is 1. The average molecular weight is 354 g/mol. The summed E-state index contributed by atoms with van der Waals surface area (Å²) in [6.07, 6.45) is -1.04. The highest BCUT2D eigenvalue weighted by Gasteiger charge is 2.39. The number of anilines is 2. The molecule has 1 unspecified atom stereocenters. The summed E-state index contributed by atoms with van der Waals surface area (Å²) < 4.78 is 5.62. The van der Waals surface area contributed by atoms with Crippen LogP contribution in [0.15, 0.2) is 54.0 Å². The minimum Gasteiger partial charge on any atom is -0.461 e. The molecule has 2 aromatic rings. The standard InChI is InChI=1S/C16H10N4O6/c21-14-13-16(18-12-7-10(20(24)25)4-5-11(12)17-13)26-15(14)8-2-1-3-9(6-8)19(22)23/h1-7,15,17-18H. The van der Waals surface area contributed by atoms with Gasteiger partial charge in [0.2, 0.25) is 11.7 Å². The minimum absolute atomic E-state index is 0.110. The zero-order valence-electron chi connectivity index (χ0n) is 13.0. The van der Waals surface area contributed by atoms with Crippen molar-refractivity contribution < 1.29 is 19.4 Å². The van der Waals surface area contributed by atoms with Crippen molar-refractivity contribution in [3.63, 3.8) is 0 Å². The number of ether oxygens (including phenoxy) is 1. The first-order valence-electron chi connectivity index (χ1n) is 7.46. The molecule has 2 heterocycles. The molecule has 0 amide bonds. The van der Waals surface area contributed by atoms with E-state index in [2.05, 4.69) is 10.6 Å². The van der Waals surface area contributed by atoms with E-state index < -0.39 is 21.7 Å². The van der Waals surface area contributed by atoms with E-state index in [0.717, 1.165) is 0 Å². The lowest BCUT2D eigenvalue weighted by Gasteiger charge is -2.19. The first kappa shape index (κ1) is 15.6. The third-order valence-corrected chi connectivity index (χ3v) is 4.05. The van der Waals surface area contributed by atoms with Crippen molar-refractivity contribution in [2.24, 2.45) is 0 Å². The van der Waals surface area contributed by atoms with Crippen LogP contribution in [0.2, 0.25) is 0 Å².